The van der Waals surface area contributed by atoms with E-state index in [0.29, 0.717) is 34.3 Å². The minimum absolute atomic E-state index is 0.0369. The van der Waals surface area contributed by atoms with Gasteiger partial charge in [-0.15, -0.1) is 0 Å². The lowest BCUT2D eigenvalue weighted by Gasteiger charge is -2.32. The maximum atomic E-state index is 12.4. The molecule has 0 unspecified atom stereocenters. The first-order chi connectivity index (χ1) is 12.0. The third kappa shape index (κ3) is 4.33. The number of amides is 2. The first kappa shape index (κ1) is 17.8. The van der Waals surface area contributed by atoms with Crippen molar-refractivity contribution >= 4 is 35.0 Å². The quantitative estimate of drug-likeness (QED) is 0.878. The van der Waals surface area contributed by atoms with Crippen molar-refractivity contribution in [3.63, 3.8) is 0 Å². The second kappa shape index (κ2) is 7.89. The van der Waals surface area contributed by atoms with Gasteiger partial charge in [-0.1, -0.05) is 41.4 Å². The number of rotatable bonds is 3. The van der Waals surface area contributed by atoms with Crippen molar-refractivity contribution in [3.05, 3.63) is 69.7 Å². The maximum Gasteiger partial charge on any atom is 0.253 e. The van der Waals surface area contributed by atoms with Crippen LogP contribution < -0.4 is 5.32 Å². The molecule has 1 fully saturated rings. The van der Waals surface area contributed by atoms with Crippen LogP contribution in [0.15, 0.2) is 48.5 Å². The molecular weight excluding hydrogens is 359 g/mol. The van der Waals surface area contributed by atoms with Gasteiger partial charge in [0.1, 0.15) is 0 Å². The fourth-order valence-corrected chi connectivity index (χ4v) is 3.19. The van der Waals surface area contributed by atoms with Crippen LogP contribution in [0.1, 0.15) is 33.6 Å². The monoisotopic (exact) mass is 376 g/mol. The lowest BCUT2D eigenvalue weighted by atomic mass is 10.0. The highest BCUT2D eigenvalue weighted by Crippen LogP contribution is 2.23. The van der Waals surface area contributed by atoms with Crippen molar-refractivity contribution < 1.29 is 9.59 Å². The number of hydrogen-bond donors (Lipinski definition) is 1. The van der Waals surface area contributed by atoms with Gasteiger partial charge in [0.05, 0.1) is 10.0 Å². The Kier molecular flexibility index (Phi) is 5.61. The van der Waals surface area contributed by atoms with Gasteiger partial charge in [-0.05, 0) is 43.2 Å². The number of carbonyl (C=O) groups excluding carboxylic acids is 2. The van der Waals surface area contributed by atoms with Crippen molar-refractivity contribution in [3.8, 4) is 0 Å². The number of piperidine rings is 1. The topological polar surface area (TPSA) is 49.4 Å². The van der Waals surface area contributed by atoms with Crippen molar-refractivity contribution in [2.45, 2.75) is 18.9 Å². The van der Waals surface area contributed by atoms with Gasteiger partial charge < -0.3 is 10.2 Å². The van der Waals surface area contributed by atoms with Crippen LogP contribution in [0.5, 0.6) is 0 Å². The Morgan fingerprint density at radius 1 is 0.920 bits per heavy atom. The molecular formula is C19H18Cl2N2O2. The summed E-state index contributed by atoms with van der Waals surface area (Å²) in [5, 5.41) is 3.78. The van der Waals surface area contributed by atoms with E-state index in [-0.39, 0.29) is 17.9 Å². The van der Waals surface area contributed by atoms with Gasteiger partial charge in [-0.3, -0.25) is 9.59 Å². The van der Waals surface area contributed by atoms with Crippen molar-refractivity contribution in [2.24, 2.45) is 0 Å². The van der Waals surface area contributed by atoms with E-state index in [4.69, 9.17) is 23.2 Å². The Morgan fingerprint density at radius 2 is 1.60 bits per heavy atom. The number of nitrogens with zero attached hydrogens (tertiary/aromatic N) is 1. The van der Waals surface area contributed by atoms with Crippen LogP contribution in [0, 0.1) is 0 Å². The zero-order valence-corrected chi connectivity index (χ0v) is 15.1. The van der Waals surface area contributed by atoms with Gasteiger partial charge in [0.25, 0.3) is 11.8 Å². The van der Waals surface area contributed by atoms with Gasteiger partial charge in [-0.2, -0.15) is 0 Å². The SMILES string of the molecule is O=C(NC1CCN(C(=O)c2ccccc2)CC1)c1ccc(Cl)c(Cl)c1. The van der Waals surface area contributed by atoms with Crippen molar-refractivity contribution in [1.82, 2.24) is 10.2 Å². The van der Waals surface area contributed by atoms with Crippen LogP contribution in [0.2, 0.25) is 10.0 Å². The molecule has 0 radical (unpaired) electrons. The third-order valence-electron chi connectivity index (χ3n) is 4.32. The first-order valence-corrected chi connectivity index (χ1v) is 8.90. The molecule has 0 aliphatic carbocycles. The van der Waals surface area contributed by atoms with Gasteiger partial charge in [-0.25, -0.2) is 0 Å². The molecule has 1 saturated heterocycles. The Morgan fingerprint density at radius 3 is 2.24 bits per heavy atom. The van der Waals surface area contributed by atoms with E-state index in [1.54, 1.807) is 18.2 Å². The fraction of sp³-hybridized carbons (Fsp3) is 0.263. The lowest BCUT2D eigenvalue weighted by molar-refractivity contribution is 0.0698. The molecule has 0 spiro atoms. The van der Waals surface area contributed by atoms with Crippen molar-refractivity contribution in [1.29, 1.82) is 0 Å². The Balaban J connectivity index is 1.54. The molecule has 1 aliphatic rings. The first-order valence-electron chi connectivity index (χ1n) is 8.15. The molecule has 1 heterocycles. The average Bonchev–Trinajstić information content (AvgIpc) is 2.64. The summed E-state index contributed by atoms with van der Waals surface area (Å²) in [6.45, 7) is 1.25. The van der Waals surface area contributed by atoms with Crippen molar-refractivity contribution in [2.75, 3.05) is 13.1 Å². The number of likely N-dealkylation sites (tertiary alicyclic amines) is 1. The van der Waals surface area contributed by atoms with E-state index < -0.39 is 0 Å². The van der Waals surface area contributed by atoms with E-state index in [1.165, 1.54) is 0 Å². The molecule has 6 heteroatoms. The van der Waals surface area contributed by atoms with E-state index in [0.717, 1.165) is 12.8 Å². The standard InChI is InChI=1S/C19H18Cl2N2O2/c20-16-7-6-14(12-17(16)21)18(24)22-15-8-10-23(11-9-15)19(25)13-4-2-1-3-5-13/h1-7,12,15H,8-11H2,(H,22,24). The predicted molar refractivity (Wildman–Crippen MR) is 99.3 cm³/mol. The predicted octanol–water partition coefficient (Wildman–Crippen LogP) is 4.03. The van der Waals surface area contributed by atoms with E-state index in [9.17, 15) is 9.59 Å². The zero-order valence-electron chi connectivity index (χ0n) is 13.5. The van der Waals surface area contributed by atoms with E-state index in [1.807, 2.05) is 35.2 Å². The molecule has 2 amide bonds. The molecule has 25 heavy (non-hydrogen) atoms. The summed E-state index contributed by atoms with van der Waals surface area (Å²) in [5.74, 6) is -0.138. The van der Waals surface area contributed by atoms with Gasteiger partial charge in [0, 0.05) is 30.3 Å². The van der Waals surface area contributed by atoms with Crippen LogP contribution in [0.4, 0.5) is 0 Å². The van der Waals surface area contributed by atoms with Crippen LogP contribution in [-0.4, -0.2) is 35.8 Å². The zero-order chi connectivity index (χ0) is 17.8. The summed E-state index contributed by atoms with van der Waals surface area (Å²) in [6, 6.07) is 14.1. The summed E-state index contributed by atoms with van der Waals surface area (Å²) in [5.41, 5.74) is 1.18. The van der Waals surface area contributed by atoms with E-state index in [2.05, 4.69) is 5.32 Å². The highest BCUT2D eigenvalue weighted by Gasteiger charge is 2.24. The Hall–Kier alpha value is -2.04. The third-order valence-corrected chi connectivity index (χ3v) is 5.06. The van der Waals surface area contributed by atoms with Gasteiger partial charge in [0.2, 0.25) is 0 Å². The Bertz CT molecular complexity index is 772. The summed E-state index contributed by atoms with van der Waals surface area (Å²) in [6.07, 6.45) is 1.46. The number of carbonyl (C=O) groups is 2. The normalized spacial score (nSPS) is 15.0. The average molecular weight is 377 g/mol. The van der Waals surface area contributed by atoms with Crippen LogP contribution in [0.25, 0.3) is 0 Å². The maximum absolute atomic E-state index is 12.4. The Labute approximate surface area is 156 Å². The molecule has 4 nitrogen and oxygen atoms in total. The molecule has 2 aromatic carbocycles. The minimum atomic E-state index is -0.175. The number of nitrogens with one attached hydrogen (secondary N) is 1. The molecule has 2 aromatic rings. The summed E-state index contributed by atoms with van der Waals surface area (Å²) < 4.78 is 0. The molecule has 0 atom stereocenters. The molecule has 1 aliphatic heterocycles. The second-order valence-corrected chi connectivity index (χ2v) is 6.85. The molecule has 0 bridgehead atoms. The van der Waals surface area contributed by atoms with Crippen LogP contribution in [-0.2, 0) is 0 Å². The minimum Gasteiger partial charge on any atom is -0.349 e. The summed E-state index contributed by atoms with van der Waals surface area (Å²) >= 11 is 11.8. The highest BCUT2D eigenvalue weighted by molar-refractivity contribution is 6.42. The smallest absolute Gasteiger partial charge is 0.253 e. The number of halogens is 2. The summed E-state index contributed by atoms with van der Waals surface area (Å²) in [4.78, 5) is 26.6. The lowest BCUT2D eigenvalue weighted by Crippen LogP contribution is -2.46. The number of benzene rings is 2. The molecule has 1 N–H and O–H groups in total. The van der Waals surface area contributed by atoms with Crippen LogP contribution >= 0.6 is 23.2 Å². The second-order valence-electron chi connectivity index (χ2n) is 6.03. The fourth-order valence-electron chi connectivity index (χ4n) is 2.90. The van der Waals surface area contributed by atoms with E-state index >= 15 is 0 Å². The highest BCUT2D eigenvalue weighted by atomic mass is 35.5. The largest absolute Gasteiger partial charge is 0.349 e. The number of hydrogen-bond acceptors (Lipinski definition) is 2. The molecule has 0 saturated carbocycles. The summed E-state index contributed by atoms with van der Waals surface area (Å²) in [7, 11) is 0. The van der Waals surface area contributed by atoms with Gasteiger partial charge in [0.15, 0.2) is 0 Å². The van der Waals surface area contributed by atoms with Gasteiger partial charge >= 0.3 is 0 Å². The van der Waals surface area contributed by atoms with Crippen LogP contribution in [0.3, 0.4) is 0 Å². The molecule has 3 rings (SSSR count). The molecule has 130 valence electrons. The molecule has 0 aromatic heterocycles.